The van der Waals surface area contributed by atoms with E-state index >= 15 is 0 Å². The molecule has 4 nitrogen and oxygen atoms in total. The molecular weight excluding hydrogens is 396 g/mol. The molecule has 0 amide bonds. The standard InChI is InChI=1S/C13H23F3N4.HI/c1-17-12(19-11-6-3-4-7-11)18-8-5-9-20(2)10-13(14,15)16;/h3-4,11H,5-10H2,1-2H3,(H2,17,18,19);1H. The Kier molecular flexibility index (Phi) is 10.0. The van der Waals surface area contributed by atoms with Crippen LogP contribution in [-0.4, -0.2) is 56.8 Å². The molecule has 0 fully saturated rings. The van der Waals surface area contributed by atoms with Gasteiger partial charge in [-0.05, 0) is 32.9 Å². The third-order valence-corrected chi connectivity index (χ3v) is 3.03. The van der Waals surface area contributed by atoms with Gasteiger partial charge in [0.1, 0.15) is 0 Å². The first-order chi connectivity index (χ1) is 9.40. The van der Waals surface area contributed by atoms with Crippen LogP contribution in [0, 0.1) is 0 Å². The van der Waals surface area contributed by atoms with Crippen LogP contribution >= 0.6 is 24.0 Å². The topological polar surface area (TPSA) is 39.7 Å². The Labute approximate surface area is 141 Å². The van der Waals surface area contributed by atoms with Gasteiger partial charge in [0.05, 0.1) is 6.54 Å². The van der Waals surface area contributed by atoms with E-state index in [4.69, 9.17) is 0 Å². The summed E-state index contributed by atoms with van der Waals surface area (Å²) in [4.78, 5) is 5.38. The van der Waals surface area contributed by atoms with E-state index in [1.54, 1.807) is 7.05 Å². The molecule has 0 aliphatic heterocycles. The van der Waals surface area contributed by atoms with Crippen LogP contribution in [-0.2, 0) is 0 Å². The van der Waals surface area contributed by atoms with Gasteiger partial charge in [-0.25, -0.2) is 0 Å². The largest absolute Gasteiger partial charge is 0.401 e. The number of hydrogen-bond acceptors (Lipinski definition) is 2. The highest BCUT2D eigenvalue weighted by molar-refractivity contribution is 14.0. The smallest absolute Gasteiger partial charge is 0.356 e. The highest BCUT2D eigenvalue weighted by atomic mass is 127. The van der Waals surface area contributed by atoms with Gasteiger partial charge >= 0.3 is 6.18 Å². The van der Waals surface area contributed by atoms with Crippen molar-refractivity contribution < 1.29 is 13.2 Å². The van der Waals surface area contributed by atoms with Crippen molar-refractivity contribution in [3.8, 4) is 0 Å². The maximum Gasteiger partial charge on any atom is 0.401 e. The molecule has 1 aliphatic carbocycles. The van der Waals surface area contributed by atoms with Crippen LogP contribution in [0.1, 0.15) is 19.3 Å². The molecular formula is C13H24F3IN4. The fourth-order valence-electron chi connectivity index (χ4n) is 2.06. The molecule has 0 radical (unpaired) electrons. The van der Waals surface area contributed by atoms with Crippen molar-refractivity contribution in [1.82, 2.24) is 15.5 Å². The Bertz CT molecular complexity index is 337. The number of nitrogens with zero attached hydrogens (tertiary/aromatic N) is 2. The normalized spacial score (nSPS) is 16.2. The van der Waals surface area contributed by atoms with Gasteiger partial charge < -0.3 is 10.6 Å². The molecule has 21 heavy (non-hydrogen) atoms. The Balaban J connectivity index is 0.00000400. The summed E-state index contributed by atoms with van der Waals surface area (Å²) in [6.45, 7) is 0.129. The second-order valence-electron chi connectivity index (χ2n) is 4.99. The number of guanidine groups is 1. The van der Waals surface area contributed by atoms with Crippen molar-refractivity contribution in [3.05, 3.63) is 12.2 Å². The van der Waals surface area contributed by atoms with Gasteiger partial charge in [0, 0.05) is 19.6 Å². The van der Waals surface area contributed by atoms with Crippen LogP contribution in [0.5, 0.6) is 0 Å². The van der Waals surface area contributed by atoms with E-state index in [1.165, 1.54) is 11.9 Å². The van der Waals surface area contributed by atoms with Crippen LogP contribution in [0.3, 0.4) is 0 Å². The van der Waals surface area contributed by atoms with E-state index in [1.807, 2.05) is 0 Å². The lowest BCUT2D eigenvalue weighted by molar-refractivity contribution is -0.143. The van der Waals surface area contributed by atoms with Crippen LogP contribution in [0.25, 0.3) is 0 Å². The number of halogens is 4. The van der Waals surface area contributed by atoms with Crippen molar-refractivity contribution in [3.63, 3.8) is 0 Å². The summed E-state index contributed by atoms with van der Waals surface area (Å²) < 4.78 is 36.4. The number of aliphatic imine (C=N–C) groups is 1. The van der Waals surface area contributed by atoms with Crippen molar-refractivity contribution >= 4 is 29.9 Å². The van der Waals surface area contributed by atoms with Gasteiger partial charge in [0.15, 0.2) is 5.96 Å². The zero-order valence-corrected chi connectivity index (χ0v) is 14.7. The monoisotopic (exact) mass is 420 g/mol. The predicted octanol–water partition coefficient (Wildman–Crippen LogP) is 2.37. The van der Waals surface area contributed by atoms with Gasteiger partial charge in [-0.2, -0.15) is 13.2 Å². The second kappa shape index (κ2) is 10.3. The van der Waals surface area contributed by atoms with Crippen LogP contribution in [0.2, 0.25) is 0 Å². The van der Waals surface area contributed by atoms with Gasteiger partial charge in [0.25, 0.3) is 0 Å². The highest BCUT2D eigenvalue weighted by Gasteiger charge is 2.28. The third kappa shape index (κ3) is 9.94. The Morgan fingerprint density at radius 2 is 1.95 bits per heavy atom. The molecule has 0 atom stereocenters. The van der Waals surface area contributed by atoms with E-state index in [2.05, 4.69) is 27.8 Å². The van der Waals surface area contributed by atoms with E-state index in [9.17, 15) is 13.2 Å². The maximum absolute atomic E-state index is 12.1. The van der Waals surface area contributed by atoms with Crippen molar-refractivity contribution in [2.45, 2.75) is 31.5 Å². The fraction of sp³-hybridized carbons (Fsp3) is 0.769. The van der Waals surface area contributed by atoms with E-state index in [0.29, 0.717) is 31.5 Å². The number of nitrogens with one attached hydrogen (secondary N) is 2. The molecule has 8 heteroatoms. The third-order valence-electron chi connectivity index (χ3n) is 3.03. The minimum atomic E-state index is -4.13. The molecule has 0 aromatic heterocycles. The number of alkyl halides is 3. The zero-order chi connectivity index (χ0) is 15.0. The molecule has 0 spiro atoms. The van der Waals surface area contributed by atoms with Crippen LogP contribution < -0.4 is 10.6 Å². The molecule has 0 saturated carbocycles. The first kappa shape index (κ1) is 20.5. The summed E-state index contributed by atoms with van der Waals surface area (Å²) in [7, 11) is 3.16. The molecule has 0 saturated heterocycles. The maximum atomic E-state index is 12.1. The molecule has 0 unspecified atom stereocenters. The van der Waals surface area contributed by atoms with Crippen molar-refractivity contribution in [1.29, 1.82) is 0 Å². The van der Waals surface area contributed by atoms with E-state index in [-0.39, 0.29) is 24.0 Å². The summed E-state index contributed by atoms with van der Waals surface area (Å²) in [5.41, 5.74) is 0. The Hall–Kier alpha value is -0.510. The predicted molar refractivity (Wildman–Crippen MR) is 90.2 cm³/mol. The van der Waals surface area contributed by atoms with Gasteiger partial charge in [-0.3, -0.25) is 9.89 Å². The fourth-order valence-corrected chi connectivity index (χ4v) is 2.06. The molecule has 0 heterocycles. The molecule has 1 aliphatic rings. The summed E-state index contributed by atoms with van der Waals surface area (Å²) in [5.74, 6) is 0.706. The zero-order valence-electron chi connectivity index (χ0n) is 12.4. The molecule has 1 rings (SSSR count). The summed E-state index contributed by atoms with van der Waals surface area (Å²) in [5, 5.41) is 6.39. The van der Waals surface area contributed by atoms with E-state index in [0.717, 1.165) is 12.8 Å². The average molecular weight is 420 g/mol. The highest BCUT2D eigenvalue weighted by Crippen LogP contribution is 2.15. The Morgan fingerprint density at radius 3 is 2.48 bits per heavy atom. The summed E-state index contributed by atoms with van der Waals surface area (Å²) >= 11 is 0. The lowest BCUT2D eigenvalue weighted by atomic mass is 10.2. The van der Waals surface area contributed by atoms with Gasteiger partial charge in [0.2, 0.25) is 0 Å². The number of rotatable bonds is 6. The van der Waals surface area contributed by atoms with Crippen molar-refractivity contribution in [2.24, 2.45) is 4.99 Å². The van der Waals surface area contributed by atoms with Crippen LogP contribution in [0.4, 0.5) is 13.2 Å². The molecule has 2 N–H and O–H groups in total. The summed E-state index contributed by atoms with van der Waals surface area (Å²) in [6.07, 6.45) is 2.71. The van der Waals surface area contributed by atoms with Crippen molar-refractivity contribution in [2.75, 3.05) is 33.7 Å². The first-order valence-corrected chi connectivity index (χ1v) is 6.78. The van der Waals surface area contributed by atoms with Crippen LogP contribution in [0.15, 0.2) is 17.1 Å². The Morgan fingerprint density at radius 1 is 1.33 bits per heavy atom. The molecule has 0 bridgehead atoms. The van der Waals surface area contributed by atoms with E-state index < -0.39 is 12.7 Å². The molecule has 124 valence electrons. The lowest BCUT2D eigenvalue weighted by Crippen LogP contribution is -2.43. The summed E-state index contributed by atoms with van der Waals surface area (Å²) in [6, 6.07) is 0.370. The van der Waals surface area contributed by atoms with Gasteiger partial charge in [-0.15, -0.1) is 24.0 Å². The molecule has 0 aromatic rings. The lowest BCUT2D eigenvalue weighted by Gasteiger charge is -2.20. The SMILES string of the molecule is CN=C(NCCCN(C)CC(F)(F)F)NC1CC=CC1.I. The minimum absolute atomic E-state index is 0. The molecule has 0 aromatic carbocycles. The quantitative estimate of drug-likeness (QED) is 0.228. The minimum Gasteiger partial charge on any atom is -0.356 e. The first-order valence-electron chi connectivity index (χ1n) is 6.78. The average Bonchev–Trinajstić information content (AvgIpc) is 2.83. The number of hydrogen-bond donors (Lipinski definition) is 2. The van der Waals surface area contributed by atoms with Gasteiger partial charge in [-0.1, -0.05) is 12.2 Å². The second-order valence-corrected chi connectivity index (χ2v) is 4.99.